The SMILES string of the molecule is CCC(C(=O)[O-])n1cc(-c2ccc(F)cc2)c(-c2ccc(S(N)(=O)=O)cc2)n1. The normalized spacial score (nSPS) is 12.7. The van der Waals surface area contributed by atoms with Crippen molar-refractivity contribution in [1.29, 1.82) is 0 Å². The Hall–Kier alpha value is -3.04. The number of carbonyl (C=O) groups excluding carboxylic acids is 1. The highest BCUT2D eigenvalue weighted by Gasteiger charge is 2.19. The van der Waals surface area contributed by atoms with Gasteiger partial charge >= 0.3 is 0 Å². The van der Waals surface area contributed by atoms with E-state index in [1.807, 2.05) is 0 Å². The van der Waals surface area contributed by atoms with Crippen LogP contribution in [0.1, 0.15) is 19.4 Å². The van der Waals surface area contributed by atoms with E-state index in [-0.39, 0.29) is 11.3 Å². The smallest absolute Gasteiger partial charge is 0.238 e. The molecule has 3 aromatic rings. The van der Waals surface area contributed by atoms with Crippen LogP contribution >= 0.6 is 0 Å². The monoisotopic (exact) mass is 402 g/mol. The molecule has 2 N–H and O–H groups in total. The Balaban J connectivity index is 2.16. The Labute approximate surface area is 161 Å². The van der Waals surface area contributed by atoms with Crippen molar-refractivity contribution in [2.45, 2.75) is 24.3 Å². The van der Waals surface area contributed by atoms with E-state index in [4.69, 9.17) is 5.14 Å². The highest BCUT2D eigenvalue weighted by atomic mass is 32.2. The number of aliphatic carboxylic acids is 1. The highest BCUT2D eigenvalue weighted by Crippen LogP contribution is 2.33. The summed E-state index contributed by atoms with van der Waals surface area (Å²) >= 11 is 0. The van der Waals surface area contributed by atoms with E-state index in [1.165, 1.54) is 41.1 Å². The summed E-state index contributed by atoms with van der Waals surface area (Å²) in [6.07, 6.45) is 1.82. The lowest BCUT2D eigenvalue weighted by Gasteiger charge is -2.16. The minimum Gasteiger partial charge on any atom is -0.548 e. The van der Waals surface area contributed by atoms with Crippen LogP contribution < -0.4 is 10.2 Å². The van der Waals surface area contributed by atoms with Gasteiger partial charge in [0.15, 0.2) is 0 Å². The molecule has 28 heavy (non-hydrogen) atoms. The summed E-state index contributed by atoms with van der Waals surface area (Å²) in [5.74, 6) is -1.68. The van der Waals surface area contributed by atoms with E-state index in [0.717, 1.165) is 0 Å². The van der Waals surface area contributed by atoms with Gasteiger partial charge in [0.25, 0.3) is 0 Å². The minimum atomic E-state index is -3.85. The molecular formula is C19H17FN3O4S-. The quantitative estimate of drug-likeness (QED) is 0.673. The third kappa shape index (κ3) is 3.95. The molecule has 0 amide bonds. The molecule has 0 bridgehead atoms. The molecule has 0 aliphatic rings. The van der Waals surface area contributed by atoms with E-state index in [2.05, 4.69) is 5.10 Å². The third-order valence-corrected chi connectivity index (χ3v) is 5.25. The number of sulfonamides is 1. The molecule has 0 aliphatic heterocycles. The molecule has 0 spiro atoms. The molecule has 9 heteroatoms. The molecule has 7 nitrogen and oxygen atoms in total. The maximum atomic E-state index is 13.3. The topological polar surface area (TPSA) is 118 Å². The number of benzene rings is 2. The molecule has 1 atom stereocenters. The zero-order valence-corrected chi connectivity index (χ0v) is 15.7. The summed E-state index contributed by atoms with van der Waals surface area (Å²) in [7, 11) is -3.85. The van der Waals surface area contributed by atoms with E-state index >= 15 is 0 Å². The van der Waals surface area contributed by atoms with Gasteiger partial charge in [0.05, 0.1) is 16.9 Å². The van der Waals surface area contributed by atoms with Crippen LogP contribution in [0.5, 0.6) is 0 Å². The number of halogens is 1. The van der Waals surface area contributed by atoms with Crippen LogP contribution in [0, 0.1) is 5.82 Å². The lowest BCUT2D eigenvalue weighted by molar-refractivity contribution is -0.310. The number of hydrogen-bond acceptors (Lipinski definition) is 5. The molecule has 2 aromatic carbocycles. The largest absolute Gasteiger partial charge is 0.548 e. The molecule has 146 valence electrons. The Bertz CT molecular complexity index is 1110. The van der Waals surface area contributed by atoms with Crippen LogP contribution in [-0.4, -0.2) is 24.2 Å². The molecular weight excluding hydrogens is 385 g/mol. The second kappa shape index (κ2) is 7.53. The van der Waals surface area contributed by atoms with Gasteiger partial charge in [-0.3, -0.25) is 4.68 Å². The molecule has 1 aromatic heterocycles. The number of carbonyl (C=O) groups is 1. The Kier molecular flexibility index (Phi) is 5.30. The zero-order chi connectivity index (χ0) is 20.5. The number of nitrogens with two attached hydrogens (primary N) is 1. The molecule has 1 unspecified atom stereocenters. The van der Waals surface area contributed by atoms with Crippen molar-refractivity contribution < 1.29 is 22.7 Å². The predicted molar refractivity (Wildman–Crippen MR) is 98.8 cm³/mol. The first-order valence-corrected chi connectivity index (χ1v) is 9.94. The van der Waals surface area contributed by atoms with Crippen molar-refractivity contribution in [3.05, 3.63) is 60.5 Å². The summed E-state index contributed by atoms with van der Waals surface area (Å²) in [6.45, 7) is 1.69. The fraction of sp³-hybridized carbons (Fsp3) is 0.158. The van der Waals surface area contributed by atoms with Crippen molar-refractivity contribution in [2.75, 3.05) is 0 Å². The second-order valence-corrected chi connectivity index (χ2v) is 7.75. The maximum Gasteiger partial charge on any atom is 0.238 e. The van der Waals surface area contributed by atoms with E-state index < -0.39 is 27.9 Å². The van der Waals surface area contributed by atoms with Crippen molar-refractivity contribution >= 4 is 16.0 Å². The number of carboxylic acid groups (broad SMARTS) is 1. The summed E-state index contributed by atoms with van der Waals surface area (Å²) in [5, 5.41) is 20.9. The van der Waals surface area contributed by atoms with Crippen LogP contribution in [0.2, 0.25) is 0 Å². The average Bonchev–Trinajstić information content (AvgIpc) is 3.07. The molecule has 0 radical (unpaired) electrons. The first-order valence-electron chi connectivity index (χ1n) is 8.40. The van der Waals surface area contributed by atoms with Crippen molar-refractivity contribution in [3.8, 4) is 22.4 Å². The highest BCUT2D eigenvalue weighted by molar-refractivity contribution is 7.89. The lowest BCUT2D eigenvalue weighted by Crippen LogP contribution is -2.33. The first-order chi connectivity index (χ1) is 13.2. The van der Waals surface area contributed by atoms with Gasteiger partial charge in [-0.15, -0.1) is 0 Å². The van der Waals surface area contributed by atoms with Gasteiger partial charge in [0, 0.05) is 17.3 Å². The van der Waals surface area contributed by atoms with Crippen LogP contribution in [0.15, 0.2) is 59.6 Å². The number of carboxylic acids is 1. The van der Waals surface area contributed by atoms with Crippen LogP contribution in [-0.2, 0) is 14.8 Å². The number of primary sulfonamides is 1. The Morgan fingerprint density at radius 2 is 1.71 bits per heavy atom. The standard InChI is InChI=1S/C19H18FN3O4S/c1-2-17(19(24)25)23-11-16(12-3-7-14(20)8-4-12)18(22-23)13-5-9-15(10-6-13)28(21,26)27/h3-11,17H,2H2,1H3,(H,24,25)(H2,21,26,27)/p-1. The lowest BCUT2D eigenvalue weighted by atomic mass is 10.0. The summed E-state index contributed by atoms with van der Waals surface area (Å²) in [5.41, 5.74) is 2.18. The molecule has 0 aliphatic carbocycles. The predicted octanol–water partition coefficient (Wildman–Crippen LogP) is 1.70. The average molecular weight is 402 g/mol. The van der Waals surface area contributed by atoms with Gasteiger partial charge in [-0.05, 0) is 36.2 Å². The van der Waals surface area contributed by atoms with Gasteiger partial charge in [-0.25, -0.2) is 17.9 Å². The number of nitrogens with zero attached hydrogens (tertiary/aromatic N) is 2. The first kappa shape index (κ1) is 19.7. The second-order valence-electron chi connectivity index (χ2n) is 6.19. The van der Waals surface area contributed by atoms with E-state index in [0.29, 0.717) is 22.4 Å². The zero-order valence-electron chi connectivity index (χ0n) is 14.9. The van der Waals surface area contributed by atoms with E-state index in [9.17, 15) is 22.7 Å². The molecule has 0 saturated heterocycles. The van der Waals surface area contributed by atoms with Crippen LogP contribution in [0.3, 0.4) is 0 Å². The number of rotatable bonds is 6. The van der Waals surface area contributed by atoms with Gasteiger partial charge in [0.1, 0.15) is 11.5 Å². The fourth-order valence-corrected chi connectivity index (χ4v) is 3.38. The van der Waals surface area contributed by atoms with Crippen LogP contribution in [0.4, 0.5) is 4.39 Å². The number of aromatic nitrogens is 2. The molecule has 0 saturated carbocycles. The molecule has 0 fully saturated rings. The van der Waals surface area contributed by atoms with Crippen molar-refractivity contribution in [2.24, 2.45) is 5.14 Å². The Morgan fingerprint density at radius 1 is 1.14 bits per heavy atom. The summed E-state index contributed by atoms with van der Waals surface area (Å²) < 4.78 is 37.5. The van der Waals surface area contributed by atoms with Crippen molar-refractivity contribution in [1.82, 2.24) is 9.78 Å². The van der Waals surface area contributed by atoms with E-state index in [1.54, 1.807) is 25.3 Å². The van der Waals surface area contributed by atoms with Crippen molar-refractivity contribution in [3.63, 3.8) is 0 Å². The summed E-state index contributed by atoms with van der Waals surface area (Å²) in [6, 6.07) is 10.4. The molecule has 3 rings (SSSR count). The van der Waals surface area contributed by atoms with Gasteiger partial charge in [-0.2, -0.15) is 5.10 Å². The van der Waals surface area contributed by atoms with Crippen LogP contribution in [0.25, 0.3) is 22.4 Å². The molecule has 1 heterocycles. The third-order valence-electron chi connectivity index (χ3n) is 4.32. The Morgan fingerprint density at radius 3 is 2.21 bits per heavy atom. The van der Waals surface area contributed by atoms with Gasteiger partial charge in [-0.1, -0.05) is 31.2 Å². The minimum absolute atomic E-state index is 0.0554. The van der Waals surface area contributed by atoms with Gasteiger partial charge < -0.3 is 9.90 Å². The maximum absolute atomic E-state index is 13.3. The fourth-order valence-electron chi connectivity index (χ4n) is 2.87. The summed E-state index contributed by atoms with van der Waals surface area (Å²) in [4.78, 5) is 11.4. The van der Waals surface area contributed by atoms with Gasteiger partial charge in [0.2, 0.25) is 10.0 Å². The number of hydrogen-bond donors (Lipinski definition) is 1.